The van der Waals surface area contributed by atoms with Gasteiger partial charge in [-0.05, 0) is 71.0 Å². The molecule has 1 aromatic heterocycles. The first-order chi connectivity index (χ1) is 13.6. The van der Waals surface area contributed by atoms with Crippen LogP contribution in [0.15, 0.2) is 28.8 Å². The molecule has 0 spiro atoms. The number of likely N-dealkylation sites (tertiary alicyclic amines) is 1. The number of amides is 1. The van der Waals surface area contributed by atoms with Crippen molar-refractivity contribution in [1.82, 2.24) is 19.9 Å². The molecule has 0 unspecified atom stereocenters. The minimum atomic E-state index is 0.137. The lowest BCUT2D eigenvalue weighted by Crippen LogP contribution is -2.42. The molecule has 1 saturated heterocycles. The molecule has 0 bridgehead atoms. The zero-order valence-electron chi connectivity index (χ0n) is 17.1. The fraction of sp³-hybridized carbons (Fsp3) is 0.571. The zero-order valence-corrected chi connectivity index (χ0v) is 17.1. The maximum Gasteiger partial charge on any atom is 0.241 e. The standard InChI is InChI=1S/C21H30N4O3/c1-4-25(5-2)21(26)17-11-13-24(14-12-17)15-19-22-20(23-28-19)16-7-9-18(10-8-16)27-6-3/h7-10,17H,4-6,11-15H2,1-3H3. The molecular formula is C21H30N4O3. The van der Waals surface area contributed by atoms with Crippen molar-refractivity contribution < 1.29 is 14.1 Å². The van der Waals surface area contributed by atoms with Crippen LogP contribution in [-0.2, 0) is 11.3 Å². The van der Waals surface area contributed by atoms with Crippen LogP contribution in [0.1, 0.15) is 39.5 Å². The summed E-state index contributed by atoms with van der Waals surface area (Å²) >= 11 is 0. The van der Waals surface area contributed by atoms with E-state index in [2.05, 4.69) is 15.0 Å². The smallest absolute Gasteiger partial charge is 0.241 e. The van der Waals surface area contributed by atoms with Gasteiger partial charge in [-0.25, -0.2) is 0 Å². The maximum atomic E-state index is 12.5. The van der Waals surface area contributed by atoms with Gasteiger partial charge in [0.05, 0.1) is 13.2 Å². The fourth-order valence-corrected chi connectivity index (χ4v) is 3.63. The molecule has 0 radical (unpaired) electrons. The molecule has 7 nitrogen and oxygen atoms in total. The summed E-state index contributed by atoms with van der Waals surface area (Å²) in [6.07, 6.45) is 1.77. The second-order valence-electron chi connectivity index (χ2n) is 7.03. The number of aromatic nitrogens is 2. The molecule has 3 rings (SSSR count). The summed E-state index contributed by atoms with van der Waals surface area (Å²) in [7, 11) is 0. The quantitative estimate of drug-likeness (QED) is 0.694. The van der Waals surface area contributed by atoms with Crippen molar-refractivity contribution >= 4 is 5.91 Å². The van der Waals surface area contributed by atoms with Crippen molar-refractivity contribution in [2.24, 2.45) is 5.92 Å². The Morgan fingerprint density at radius 1 is 1.18 bits per heavy atom. The number of carbonyl (C=O) groups excluding carboxylic acids is 1. The van der Waals surface area contributed by atoms with Crippen LogP contribution in [0.5, 0.6) is 5.75 Å². The van der Waals surface area contributed by atoms with E-state index in [1.807, 2.05) is 49.9 Å². The number of piperidine rings is 1. The lowest BCUT2D eigenvalue weighted by Gasteiger charge is -2.32. The van der Waals surface area contributed by atoms with Gasteiger partial charge in [0.15, 0.2) is 0 Å². The van der Waals surface area contributed by atoms with Crippen LogP contribution in [-0.4, -0.2) is 58.6 Å². The zero-order chi connectivity index (χ0) is 19.9. The minimum Gasteiger partial charge on any atom is -0.494 e. The van der Waals surface area contributed by atoms with Crippen LogP contribution in [0.2, 0.25) is 0 Å². The molecule has 0 atom stereocenters. The van der Waals surface area contributed by atoms with Crippen molar-refractivity contribution in [2.45, 2.75) is 40.2 Å². The monoisotopic (exact) mass is 386 g/mol. The Bertz CT molecular complexity index is 747. The van der Waals surface area contributed by atoms with Gasteiger partial charge in [0.25, 0.3) is 0 Å². The predicted octanol–water partition coefficient (Wildman–Crippen LogP) is 3.22. The van der Waals surface area contributed by atoms with Gasteiger partial charge in [0, 0.05) is 24.6 Å². The fourth-order valence-electron chi connectivity index (χ4n) is 3.63. The number of nitrogens with zero attached hydrogens (tertiary/aromatic N) is 4. The summed E-state index contributed by atoms with van der Waals surface area (Å²) < 4.78 is 10.9. The van der Waals surface area contributed by atoms with Crippen LogP contribution in [0.4, 0.5) is 0 Å². The van der Waals surface area contributed by atoms with Crippen molar-refractivity contribution in [3.05, 3.63) is 30.2 Å². The third-order valence-electron chi connectivity index (χ3n) is 5.26. The van der Waals surface area contributed by atoms with Gasteiger partial charge >= 0.3 is 0 Å². The Morgan fingerprint density at radius 2 is 1.86 bits per heavy atom. The molecule has 152 valence electrons. The van der Waals surface area contributed by atoms with Crippen molar-refractivity contribution in [1.29, 1.82) is 0 Å². The van der Waals surface area contributed by atoms with Gasteiger partial charge in [-0.3, -0.25) is 9.69 Å². The Hall–Kier alpha value is -2.41. The van der Waals surface area contributed by atoms with E-state index >= 15 is 0 Å². The third kappa shape index (κ3) is 4.90. The second kappa shape index (κ2) is 9.68. The number of benzene rings is 1. The van der Waals surface area contributed by atoms with Crippen LogP contribution in [0, 0.1) is 5.92 Å². The lowest BCUT2D eigenvalue weighted by molar-refractivity contribution is -0.136. The molecule has 0 N–H and O–H groups in total. The molecule has 2 aromatic rings. The highest BCUT2D eigenvalue weighted by Crippen LogP contribution is 2.23. The molecule has 7 heteroatoms. The van der Waals surface area contributed by atoms with Gasteiger partial charge in [-0.15, -0.1) is 0 Å². The molecule has 1 aliphatic heterocycles. The average Bonchev–Trinajstić information content (AvgIpc) is 3.18. The molecule has 1 aromatic carbocycles. The first-order valence-corrected chi connectivity index (χ1v) is 10.2. The highest BCUT2D eigenvalue weighted by atomic mass is 16.5. The molecule has 1 amide bonds. The molecular weight excluding hydrogens is 356 g/mol. The summed E-state index contributed by atoms with van der Waals surface area (Å²) in [6, 6.07) is 7.69. The summed E-state index contributed by atoms with van der Waals surface area (Å²) in [5, 5.41) is 4.10. The Labute approximate surface area is 166 Å². The SMILES string of the molecule is CCOc1ccc(-c2noc(CN3CCC(C(=O)N(CC)CC)CC3)n2)cc1. The van der Waals surface area contributed by atoms with Crippen molar-refractivity contribution in [2.75, 3.05) is 32.8 Å². The highest BCUT2D eigenvalue weighted by Gasteiger charge is 2.28. The number of hydrogen-bond acceptors (Lipinski definition) is 6. The minimum absolute atomic E-state index is 0.137. The number of rotatable bonds is 8. The van der Waals surface area contributed by atoms with Gasteiger partial charge in [-0.1, -0.05) is 5.16 Å². The van der Waals surface area contributed by atoms with E-state index in [4.69, 9.17) is 9.26 Å². The Balaban J connectivity index is 1.53. The highest BCUT2D eigenvalue weighted by molar-refractivity contribution is 5.78. The largest absolute Gasteiger partial charge is 0.494 e. The summed E-state index contributed by atoms with van der Waals surface area (Å²) in [4.78, 5) is 21.2. The molecule has 0 aliphatic carbocycles. The number of carbonyl (C=O) groups is 1. The summed E-state index contributed by atoms with van der Waals surface area (Å²) in [5.41, 5.74) is 0.905. The van der Waals surface area contributed by atoms with Crippen LogP contribution in [0.3, 0.4) is 0 Å². The van der Waals surface area contributed by atoms with Crippen LogP contribution in [0.25, 0.3) is 11.4 Å². The molecule has 28 heavy (non-hydrogen) atoms. The molecule has 0 saturated carbocycles. The first kappa shape index (κ1) is 20.3. The summed E-state index contributed by atoms with van der Waals surface area (Å²) in [5.74, 6) is 2.46. The van der Waals surface area contributed by atoms with E-state index in [1.54, 1.807) is 0 Å². The van der Waals surface area contributed by atoms with Crippen LogP contribution < -0.4 is 4.74 Å². The topological polar surface area (TPSA) is 71.7 Å². The van der Waals surface area contributed by atoms with Crippen molar-refractivity contribution in [3.8, 4) is 17.1 Å². The van der Waals surface area contributed by atoms with E-state index in [-0.39, 0.29) is 5.92 Å². The maximum absolute atomic E-state index is 12.5. The number of hydrogen-bond donors (Lipinski definition) is 0. The Morgan fingerprint density at radius 3 is 2.46 bits per heavy atom. The normalized spacial score (nSPS) is 15.5. The second-order valence-corrected chi connectivity index (χ2v) is 7.03. The van der Waals surface area contributed by atoms with E-state index in [1.165, 1.54) is 0 Å². The van der Waals surface area contributed by atoms with Crippen molar-refractivity contribution in [3.63, 3.8) is 0 Å². The molecule has 1 aliphatic rings. The predicted molar refractivity (Wildman–Crippen MR) is 107 cm³/mol. The van der Waals surface area contributed by atoms with E-state index in [0.29, 0.717) is 30.8 Å². The molecule has 1 fully saturated rings. The van der Waals surface area contributed by atoms with E-state index < -0.39 is 0 Å². The van der Waals surface area contributed by atoms with E-state index in [9.17, 15) is 4.79 Å². The van der Waals surface area contributed by atoms with Crippen LogP contribution >= 0.6 is 0 Å². The lowest BCUT2D eigenvalue weighted by atomic mass is 9.95. The summed E-state index contributed by atoms with van der Waals surface area (Å²) in [6.45, 7) is 10.6. The van der Waals surface area contributed by atoms with E-state index in [0.717, 1.165) is 50.3 Å². The van der Waals surface area contributed by atoms with Gasteiger partial charge in [-0.2, -0.15) is 4.98 Å². The average molecular weight is 386 g/mol. The Kier molecular flexibility index (Phi) is 7.03. The third-order valence-corrected chi connectivity index (χ3v) is 5.26. The van der Waals surface area contributed by atoms with Gasteiger partial charge in [0.2, 0.25) is 17.6 Å². The van der Waals surface area contributed by atoms with Gasteiger partial charge < -0.3 is 14.2 Å². The van der Waals surface area contributed by atoms with Gasteiger partial charge in [0.1, 0.15) is 5.75 Å². The first-order valence-electron chi connectivity index (χ1n) is 10.2. The number of ether oxygens (including phenoxy) is 1. The molecule has 2 heterocycles.